The summed E-state index contributed by atoms with van der Waals surface area (Å²) in [5.74, 6) is 1.65. The quantitative estimate of drug-likeness (QED) is 0.749. The molecular formula is C18H21N3O2. The molecule has 5 nitrogen and oxygen atoms in total. The third kappa shape index (κ3) is 2.95. The van der Waals surface area contributed by atoms with E-state index in [2.05, 4.69) is 34.8 Å². The van der Waals surface area contributed by atoms with Crippen LogP contribution >= 0.6 is 0 Å². The second kappa shape index (κ2) is 6.20. The molecule has 0 saturated carbocycles. The molecular weight excluding hydrogens is 290 g/mol. The fourth-order valence-corrected chi connectivity index (χ4v) is 2.69. The van der Waals surface area contributed by atoms with E-state index in [9.17, 15) is 5.11 Å². The van der Waals surface area contributed by atoms with Crippen molar-refractivity contribution in [3.05, 3.63) is 48.0 Å². The van der Waals surface area contributed by atoms with Gasteiger partial charge in [0, 0.05) is 24.2 Å². The molecule has 3 rings (SSSR count). The zero-order valence-corrected chi connectivity index (χ0v) is 13.6. The smallest absolute Gasteiger partial charge is 0.204 e. The molecule has 0 spiro atoms. The normalized spacial score (nSPS) is 11.1. The average molecular weight is 311 g/mol. The van der Waals surface area contributed by atoms with Crippen LogP contribution in [0.15, 0.2) is 42.5 Å². The van der Waals surface area contributed by atoms with Gasteiger partial charge in [-0.05, 0) is 38.1 Å². The lowest BCUT2D eigenvalue weighted by Crippen LogP contribution is -2.09. The number of hydrogen-bond donors (Lipinski definition) is 2. The Morgan fingerprint density at radius 3 is 2.70 bits per heavy atom. The summed E-state index contributed by atoms with van der Waals surface area (Å²) in [6, 6.07) is 13.7. The van der Waals surface area contributed by atoms with E-state index in [1.807, 2.05) is 30.3 Å². The van der Waals surface area contributed by atoms with Gasteiger partial charge in [0.1, 0.15) is 11.5 Å². The number of rotatable bonds is 5. The Morgan fingerprint density at radius 2 is 2.00 bits per heavy atom. The van der Waals surface area contributed by atoms with Crippen molar-refractivity contribution in [1.82, 2.24) is 9.55 Å². The van der Waals surface area contributed by atoms with Crippen molar-refractivity contribution in [3.63, 3.8) is 0 Å². The Hall–Kier alpha value is -2.69. The highest BCUT2D eigenvalue weighted by Crippen LogP contribution is 2.27. The number of hydrogen-bond acceptors (Lipinski definition) is 4. The summed E-state index contributed by atoms with van der Waals surface area (Å²) in [4.78, 5) is 4.66. The molecule has 0 aliphatic rings. The van der Waals surface area contributed by atoms with Gasteiger partial charge in [0.05, 0.1) is 18.1 Å². The van der Waals surface area contributed by atoms with Gasteiger partial charge in [0.2, 0.25) is 5.95 Å². The van der Waals surface area contributed by atoms with E-state index >= 15 is 0 Å². The molecule has 1 aromatic heterocycles. The number of fused-ring (bicyclic) bond motifs is 1. The topological polar surface area (TPSA) is 59.3 Å². The van der Waals surface area contributed by atoms with Crippen molar-refractivity contribution >= 4 is 17.0 Å². The maximum atomic E-state index is 10.1. The minimum absolute atomic E-state index is 0.212. The van der Waals surface area contributed by atoms with Crippen LogP contribution in [-0.4, -0.2) is 21.8 Å². The highest BCUT2D eigenvalue weighted by molar-refractivity contribution is 5.78. The molecule has 3 aromatic rings. The molecule has 0 saturated heterocycles. The van der Waals surface area contributed by atoms with Crippen molar-refractivity contribution in [3.8, 4) is 11.5 Å². The van der Waals surface area contributed by atoms with Crippen molar-refractivity contribution < 1.29 is 9.84 Å². The zero-order valence-electron chi connectivity index (χ0n) is 13.6. The highest BCUT2D eigenvalue weighted by atomic mass is 16.5. The largest absolute Gasteiger partial charge is 0.507 e. The number of aromatic nitrogens is 2. The lowest BCUT2D eigenvalue weighted by Gasteiger charge is -2.14. The van der Waals surface area contributed by atoms with Crippen LogP contribution in [0.25, 0.3) is 11.0 Å². The molecule has 0 fully saturated rings. The first-order valence-electron chi connectivity index (χ1n) is 7.67. The SMILES string of the molecule is COc1ccc(CNc2nc3ccccc3n2C(C)C)c(O)c1. The minimum Gasteiger partial charge on any atom is -0.507 e. The standard InChI is InChI=1S/C18H21N3O2/c1-12(2)21-16-7-5-4-6-15(16)20-18(21)19-11-13-8-9-14(23-3)10-17(13)22/h4-10,12,22H,11H2,1-3H3,(H,19,20). The predicted molar refractivity (Wildman–Crippen MR) is 92.1 cm³/mol. The number of ether oxygens (including phenoxy) is 1. The van der Waals surface area contributed by atoms with E-state index < -0.39 is 0 Å². The first kappa shape index (κ1) is 15.2. The lowest BCUT2D eigenvalue weighted by molar-refractivity contribution is 0.406. The Bertz CT molecular complexity index is 824. The second-order valence-electron chi connectivity index (χ2n) is 5.74. The maximum absolute atomic E-state index is 10.1. The summed E-state index contributed by atoms with van der Waals surface area (Å²) in [6.07, 6.45) is 0. The summed E-state index contributed by atoms with van der Waals surface area (Å²) in [6.45, 7) is 4.75. The number of phenolic OH excluding ortho intramolecular Hbond substituents is 1. The van der Waals surface area contributed by atoms with Gasteiger partial charge >= 0.3 is 0 Å². The Balaban J connectivity index is 1.88. The van der Waals surface area contributed by atoms with Crippen LogP contribution in [0.2, 0.25) is 0 Å². The van der Waals surface area contributed by atoms with E-state index in [1.165, 1.54) is 0 Å². The first-order valence-corrected chi connectivity index (χ1v) is 7.67. The lowest BCUT2D eigenvalue weighted by atomic mass is 10.2. The van der Waals surface area contributed by atoms with E-state index in [1.54, 1.807) is 13.2 Å². The average Bonchev–Trinajstić information content (AvgIpc) is 2.92. The maximum Gasteiger partial charge on any atom is 0.204 e. The molecule has 2 aromatic carbocycles. The highest BCUT2D eigenvalue weighted by Gasteiger charge is 2.13. The van der Waals surface area contributed by atoms with Crippen molar-refractivity contribution in [2.45, 2.75) is 26.4 Å². The van der Waals surface area contributed by atoms with Crippen molar-refractivity contribution in [1.29, 1.82) is 0 Å². The third-order valence-corrected chi connectivity index (χ3v) is 3.84. The molecule has 23 heavy (non-hydrogen) atoms. The van der Waals surface area contributed by atoms with E-state index in [0.29, 0.717) is 12.3 Å². The molecule has 2 N–H and O–H groups in total. The van der Waals surface area contributed by atoms with Crippen LogP contribution in [-0.2, 0) is 6.54 Å². The molecule has 0 radical (unpaired) electrons. The monoisotopic (exact) mass is 311 g/mol. The van der Waals surface area contributed by atoms with E-state index in [0.717, 1.165) is 22.5 Å². The van der Waals surface area contributed by atoms with Gasteiger partial charge in [-0.3, -0.25) is 0 Å². The Morgan fingerprint density at radius 1 is 1.22 bits per heavy atom. The van der Waals surface area contributed by atoms with Crippen LogP contribution in [0.1, 0.15) is 25.5 Å². The molecule has 0 aliphatic carbocycles. The number of aromatic hydroxyl groups is 1. The number of imidazole rings is 1. The first-order chi connectivity index (χ1) is 11.1. The molecule has 5 heteroatoms. The van der Waals surface area contributed by atoms with Gasteiger partial charge in [-0.2, -0.15) is 0 Å². The van der Waals surface area contributed by atoms with Crippen molar-refractivity contribution in [2.75, 3.05) is 12.4 Å². The number of para-hydroxylation sites is 2. The van der Waals surface area contributed by atoms with E-state index in [-0.39, 0.29) is 11.8 Å². The predicted octanol–water partition coefficient (Wildman–Crippen LogP) is 3.94. The Kier molecular flexibility index (Phi) is 4.10. The number of nitrogens with zero attached hydrogens (tertiary/aromatic N) is 2. The molecule has 0 unspecified atom stereocenters. The number of anilines is 1. The molecule has 0 bridgehead atoms. The summed E-state index contributed by atoms with van der Waals surface area (Å²) in [7, 11) is 1.58. The van der Waals surface area contributed by atoms with Gasteiger partial charge in [0.15, 0.2) is 0 Å². The number of benzene rings is 2. The Labute approximate surface area is 135 Å². The van der Waals surface area contributed by atoms with Gasteiger partial charge < -0.3 is 19.7 Å². The summed E-state index contributed by atoms with van der Waals surface area (Å²) < 4.78 is 7.27. The summed E-state index contributed by atoms with van der Waals surface area (Å²) in [5, 5.41) is 13.4. The zero-order chi connectivity index (χ0) is 16.4. The molecule has 0 atom stereocenters. The van der Waals surface area contributed by atoms with Gasteiger partial charge in [0.25, 0.3) is 0 Å². The molecule has 0 amide bonds. The fourth-order valence-electron chi connectivity index (χ4n) is 2.69. The van der Waals surface area contributed by atoms with Crippen LogP contribution in [0.3, 0.4) is 0 Å². The number of methoxy groups -OCH3 is 1. The van der Waals surface area contributed by atoms with Crippen LogP contribution in [0.5, 0.6) is 11.5 Å². The molecule has 120 valence electrons. The third-order valence-electron chi connectivity index (χ3n) is 3.84. The van der Waals surface area contributed by atoms with Crippen LogP contribution in [0.4, 0.5) is 5.95 Å². The number of nitrogens with one attached hydrogen (secondary N) is 1. The minimum atomic E-state index is 0.212. The summed E-state index contributed by atoms with van der Waals surface area (Å²) >= 11 is 0. The van der Waals surface area contributed by atoms with Crippen LogP contribution < -0.4 is 10.1 Å². The van der Waals surface area contributed by atoms with Crippen LogP contribution in [0, 0.1) is 0 Å². The van der Waals surface area contributed by atoms with Gasteiger partial charge in [-0.1, -0.05) is 12.1 Å². The number of phenols is 1. The molecule has 0 aliphatic heterocycles. The van der Waals surface area contributed by atoms with E-state index in [4.69, 9.17) is 4.74 Å². The fraction of sp³-hybridized carbons (Fsp3) is 0.278. The van der Waals surface area contributed by atoms with Gasteiger partial charge in [-0.15, -0.1) is 0 Å². The van der Waals surface area contributed by atoms with Gasteiger partial charge in [-0.25, -0.2) is 4.98 Å². The second-order valence-corrected chi connectivity index (χ2v) is 5.74. The molecule has 1 heterocycles. The summed E-state index contributed by atoms with van der Waals surface area (Å²) in [5.41, 5.74) is 2.86. The van der Waals surface area contributed by atoms with Crippen molar-refractivity contribution in [2.24, 2.45) is 0 Å².